The van der Waals surface area contributed by atoms with Crippen molar-refractivity contribution in [3.63, 3.8) is 0 Å². The Morgan fingerprint density at radius 1 is 1.13 bits per heavy atom. The van der Waals surface area contributed by atoms with Crippen LogP contribution < -0.4 is 15.0 Å². The second-order valence-electron chi connectivity index (χ2n) is 7.69. The summed E-state index contributed by atoms with van der Waals surface area (Å²) in [6.07, 6.45) is 0.356. The molecule has 1 saturated heterocycles. The number of hydrogen-bond acceptors (Lipinski definition) is 7. The molecule has 1 fully saturated rings. The smallest absolute Gasteiger partial charge is 0.226 e. The summed E-state index contributed by atoms with van der Waals surface area (Å²) in [5.41, 5.74) is 2.86. The molecule has 2 aromatic heterocycles. The molecule has 1 unspecified atom stereocenters. The van der Waals surface area contributed by atoms with Crippen LogP contribution in [0.25, 0.3) is 5.82 Å². The van der Waals surface area contributed by atoms with Crippen molar-refractivity contribution in [2.24, 2.45) is 0 Å². The molecule has 1 atom stereocenters. The van der Waals surface area contributed by atoms with Gasteiger partial charge < -0.3 is 19.7 Å². The third-order valence-corrected chi connectivity index (χ3v) is 5.79. The fourth-order valence-corrected chi connectivity index (χ4v) is 4.25. The predicted molar refractivity (Wildman–Crippen MR) is 115 cm³/mol. The number of fused-ring (bicyclic) bond motifs is 1. The van der Waals surface area contributed by atoms with Crippen LogP contribution in [0.15, 0.2) is 36.4 Å². The first-order valence-electron chi connectivity index (χ1n) is 10.3. The fraction of sp³-hybridized carbons (Fsp3) is 0.364. The number of benzene rings is 1. The fourth-order valence-electron chi connectivity index (χ4n) is 4.25. The Hall–Kier alpha value is -3.46. The van der Waals surface area contributed by atoms with E-state index in [2.05, 4.69) is 20.4 Å². The van der Waals surface area contributed by atoms with Gasteiger partial charge in [-0.05, 0) is 36.8 Å². The van der Waals surface area contributed by atoms with E-state index in [0.29, 0.717) is 31.3 Å². The van der Waals surface area contributed by atoms with Gasteiger partial charge in [0.05, 0.1) is 26.0 Å². The van der Waals surface area contributed by atoms with E-state index < -0.39 is 0 Å². The number of carbonyl (C=O) groups excluding carboxylic acids is 1. The quantitative estimate of drug-likeness (QED) is 0.692. The normalized spacial score (nSPS) is 18.5. The zero-order valence-electron chi connectivity index (χ0n) is 17.5. The number of ether oxygens (including phenoxy) is 2. The summed E-state index contributed by atoms with van der Waals surface area (Å²) < 4.78 is 12.4. The molecule has 4 heterocycles. The van der Waals surface area contributed by atoms with E-state index in [1.807, 2.05) is 43.3 Å². The number of methoxy groups -OCH3 is 1. The maximum Gasteiger partial charge on any atom is 0.226 e. The molecule has 1 N–H and O–H groups in total. The van der Waals surface area contributed by atoms with Crippen molar-refractivity contribution in [1.29, 1.82) is 0 Å². The van der Waals surface area contributed by atoms with Gasteiger partial charge in [-0.25, -0.2) is 0 Å². The van der Waals surface area contributed by atoms with Crippen LogP contribution in [0.5, 0.6) is 5.75 Å². The van der Waals surface area contributed by atoms with E-state index >= 15 is 0 Å². The Bertz CT molecular complexity index is 1100. The van der Waals surface area contributed by atoms with Gasteiger partial charge in [0.2, 0.25) is 5.91 Å². The minimum atomic E-state index is -0.104. The summed E-state index contributed by atoms with van der Waals surface area (Å²) in [6, 6.07) is 11.6. The van der Waals surface area contributed by atoms with Gasteiger partial charge in [0.25, 0.3) is 0 Å². The number of anilines is 2. The van der Waals surface area contributed by atoms with E-state index in [9.17, 15) is 4.79 Å². The number of rotatable bonds is 4. The Labute approximate surface area is 180 Å². The van der Waals surface area contributed by atoms with Gasteiger partial charge in [-0.2, -0.15) is 9.78 Å². The van der Waals surface area contributed by atoms with Crippen LogP contribution in [-0.4, -0.2) is 59.3 Å². The lowest BCUT2D eigenvalue weighted by molar-refractivity contribution is -0.116. The molecule has 0 aliphatic carbocycles. The molecule has 1 aromatic carbocycles. The number of nitrogens with zero attached hydrogens (tertiary/aromatic N) is 5. The topological polar surface area (TPSA) is 94.4 Å². The predicted octanol–water partition coefficient (Wildman–Crippen LogP) is 2.29. The molecular weight excluding hydrogens is 396 g/mol. The highest BCUT2D eigenvalue weighted by atomic mass is 16.5. The molecule has 2 aliphatic rings. The maximum atomic E-state index is 12.6. The average Bonchev–Trinajstić information content (AvgIpc) is 3.15. The maximum absolute atomic E-state index is 12.6. The minimum Gasteiger partial charge on any atom is -0.497 e. The molecule has 5 rings (SSSR count). The van der Waals surface area contributed by atoms with Crippen LogP contribution >= 0.6 is 0 Å². The molecule has 9 heteroatoms. The van der Waals surface area contributed by atoms with E-state index in [1.54, 1.807) is 11.8 Å². The first kappa shape index (κ1) is 19.5. The van der Waals surface area contributed by atoms with Crippen LogP contribution in [0, 0.1) is 6.92 Å². The summed E-state index contributed by atoms with van der Waals surface area (Å²) in [5.74, 6) is 2.62. The van der Waals surface area contributed by atoms with Crippen molar-refractivity contribution in [2.75, 3.05) is 43.6 Å². The van der Waals surface area contributed by atoms with Gasteiger partial charge in [0.15, 0.2) is 11.6 Å². The molecule has 9 nitrogen and oxygen atoms in total. The van der Waals surface area contributed by atoms with Gasteiger partial charge in [0.1, 0.15) is 11.6 Å². The monoisotopic (exact) mass is 420 g/mol. The van der Waals surface area contributed by atoms with Crippen LogP contribution in [0.4, 0.5) is 11.6 Å². The Morgan fingerprint density at radius 3 is 2.65 bits per heavy atom. The lowest BCUT2D eigenvalue weighted by atomic mass is 9.86. The first-order chi connectivity index (χ1) is 15.1. The molecule has 0 radical (unpaired) electrons. The summed E-state index contributed by atoms with van der Waals surface area (Å²) in [6.45, 7) is 4.92. The Morgan fingerprint density at radius 2 is 1.90 bits per heavy atom. The third kappa shape index (κ3) is 3.61. The third-order valence-electron chi connectivity index (χ3n) is 5.79. The summed E-state index contributed by atoms with van der Waals surface area (Å²) >= 11 is 0. The second kappa shape index (κ2) is 7.99. The highest BCUT2D eigenvalue weighted by Crippen LogP contribution is 2.40. The number of hydrogen-bond donors (Lipinski definition) is 1. The van der Waals surface area contributed by atoms with Gasteiger partial charge in [0, 0.05) is 31.0 Å². The van der Waals surface area contributed by atoms with Gasteiger partial charge >= 0.3 is 0 Å². The van der Waals surface area contributed by atoms with Crippen LogP contribution in [-0.2, 0) is 9.53 Å². The van der Waals surface area contributed by atoms with Gasteiger partial charge in [-0.3, -0.25) is 4.79 Å². The molecule has 3 aromatic rings. The lowest BCUT2D eigenvalue weighted by Crippen LogP contribution is -2.36. The van der Waals surface area contributed by atoms with Crippen molar-refractivity contribution in [3.8, 4) is 11.6 Å². The van der Waals surface area contributed by atoms with Crippen molar-refractivity contribution in [3.05, 3.63) is 53.2 Å². The zero-order valence-corrected chi connectivity index (χ0v) is 17.5. The molecule has 0 saturated carbocycles. The Kier molecular flexibility index (Phi) is 5.03. The minimum absolute atomic E-state index is 0.0561. The van der Waals surface area contributed by atoms with Crippen LogP contribution in [0.2, 0.25) is 0 Å². The van der Waals surface area contributed by atoms with Gasteiger partial charge in [-0.15, -0.1) is 10.2 Å². The number of carbonyl (C=O) groups is 1. The number of aryl methyl sites for hydroxylation is 1. The molecule has 31 heavy (non-hydrogen) atoms. The zero-order chi connectivity index (χ0) is 21.4. The summed E-state index contributed by atoms with van der Waals surface area (Å²) in [4.78, 5) is 14.7. The van der Waals surface area contributed by atoms with E-state index in [4.69, 9.17) is 14.6 Å². The van der Waals surface area contributed by atoms with Crippen molar-refractivity contribution < 1.29 is 14.3 Å². The standard InChI is InChI=1S/C22H24N6O3/c1-14-21-17(15-4-3-5-16(12-15)30-2)13-20(29)23-22(21)28(26-14)19-7-6-18(24-25-19)27-8-10-31-11-9-27/h3-7,12,17H,8-11,13H2,1-2H3,(H,23,29). The van der Waals surface area contributed by atoms with E-state index in [1.165, 1.54) is 0 Å². The largest absolute Gasteiger partial charge is 0.497 e. The first-order valence-corrected chi connectivity index (χ1v) is 10.3. The molecule has 160 valence electrons. The molecule has 1 amide bonds. The summed E-state index contributed by atoms with van der Waals surface area (Å²) in [7, 11) is 1.64. The van der Waals surface area contributed by atoms with Crippen molar-refractivity contribution in [2.45, 2.75) is 19.3 Å². The number of morpholine rings is 1. The molecule has 2 aliphatic heterocycles. The number of nitrogens with one attached hydrogen (secondary N) is 1. The number of amides is 1. The lowest BCUT2D eigenvalue weighted by Gasteiger charge is -2.27. The molecular formula is C22H24N6O3. The van der Waals surface area contributed by atoms with Crippen molar-refractivity contribution in [1.82, 2.24) is 20.0 Å². The SMILES string of the molecule is COc1cccc(C2CC(=O)Nc3c2c(C)nn3-c2ccc(N3CCOCC3)nn2)c1. The second-order valence-corrected chi connectivity index (χ2v) is 7.69. The van der Waals surface area contributed by atoms with Crippen LogP contribution in [0.3, 0.4) is 0 Å². The van der Waals surface area contributed by atoms with Crippen LogP contribution in [0.1, 0.15) is 29.2 Å². The van der Waals surface area contributed by atoms with E-state index in [-0.39, 0.29) is 11.8 Å². The highest BCUT2D eigenvalue weighted by molar-refractivity contribution is 5.95. The average molecular weight is 420 g/mol. The Balaban J connectivity index is 1.51. The highest BCUT2D eigenvalue weighted by Gasteiger charge is 2.33. The van der Waals surface area contributed by atoms with Gasteiger partial charge in [-0.1, -0.05) is 12.1 Å². The summed E-state index contributed by atoms with van der Waals surface area (Å²) in [5, 5.41) is 16.5. The molecule has 0 bridgehead atoms. The van der Waals surface area contributed by atoms with E-state index in [0.717, 1.165) is 41.5 Å². The number of aromatic nitrogens is 4. The molecule has 0 spiro atoms. The van der Waals surface area contributed by atoms with Crippen molar-refractivity contribution >= 4 is 17.5 Å².